The third-order valence-corrected chi connectivity index (χ3v) is 8.98. The van der Waals surface area contributed by atoms with E-state index in [1.165, 1.54) is 5.56 Å². The van der Waals surface area contributed by atoms with Gasteiger partial charge >= 0.3 is 0 Å². The van der Waals surface area contributed by atoms with Gasteiger partial charge in [-0.05, 0) is 60.4 Å². The van der Waals surface area contributed by atoms with Gasteiger partial charge in [-0.1, -0.05) is 12.1 Å². The number of fused-ring (bicyclic) bond motifs is 2. The molecule has 42 heavy (non-hydrogen) atoms. The largest absolute Gasteiger partial charge is 0.489 e. The van der Waals surface area contributed by atoms with Crippen LogP contribution in [-0.2, 0) is 33.0 Å². The van der Waals surface area contributed by atoms with E-state index >= 15 is 0 Å². The van der Waals surface area contributed by atoms with Gasteiger partial charge in [-0.2, -0.15) is 0 Å². The van der Waals surface area contributed by atoms with E-state index in [-0.39, 0.29) is 24.3 Å². The van der Waals surface area contributed by atoms with Crippen LogP contribution in [0.3, 0.4) is 0 Å². The van der Waals surface area contributed by atoms with Gasteiger partial charge in [0.05, 0.1) is 11.2 Å². The molecule has 2 atom stereocenters. The van der Waals surface area contributed by atoms with Gasteiger partial charge in [0.25, 0.3) is 5.91 Å². The van der Waals surface area contributed by atoms with Crippen LogP contribution in [0.1, 0.15) is 59.3 Å². The molecule has 218 valence electrons. The van der Waals surface area contributed by atoms with Gasteiger partial charge in [-0.15, -0.1) is 0 Å². The summed E-state index contributed by atoms with van der Waals surface area (Å²) < 4.78 is 11.7. The molecular formula is C32H34N4O6. The highest BCUT2D eigenvalue weighted by Gasteiger charge is 2.39. The average molecular weight is 571 g/mol. The fraction of sp³-hybridized carbons (Fsp3) is 0.438. The summed E-state index contributed by atoms with van der Waals surface area (Å²) in [6.45, 7) is 3.94. The molecule has 1 unspecified atom stereocenters. The number of nitrogens with zero attached hydrogens (tertiary/aromatic N) is 3. The van der Waals surface area contributed by atoms with Crippen molar-refractivity contribution in [2.45, 2.75) is 62.9 Å². The van der Waals surface area contributed by atoms with Crippen LogP contribution in [0.25, 0.3) is 10.9 Å². The second-order valence-corrected chi connectivity index (χ2v) is 11.9. The van der Waals surface area contributed by atoms with Crippen molar-refractivity contribution in [3.63, 3.8) is 0 Å². The highest BCUT2D eigenvalue weighted by Crippen LogP contribution is 2.33. The van der Waals surface area contributed by atoms with Crippen LogP contribution in [-0.4, -0.2) is 76.1 Å². The smallest absolute Gasteiger partial charge is 0.255 e. The molecule has 5 heterocycles. The second kappa shape index (κ2) is 10.8. The first kappa shape index (κ1) is 27.0. The number of benzene rings is 2. The molecule has 3 aromatic rings. The predicted octanol–water partition coefficient (Wildman–Crippen LogP) is 2.65. The molecule has 7 rings (SSSR count). The standard InChI is InChI=1S/C32H34N4O6/c37-29-8-6-27(30(38)34-29)36-18-22-16-23(3-4-25(22)31(36)39)42-24-9-12-35(19-24)17-20-1-5-26-21(15-20)2-7-28(33-26)32(40)10-13-41-14-11-32/h1-5,7,15-16,24,27,40H,6,8-14,17-19H2,(H,34,37,38)/t24-,27?/m0/s1. The molecule has 0 bridgehead atoms. The summed E-state index contributed by atoms with van der Waals surface area (Å²) in [5.74, 6) is -0.160. The number of piperidine rings is 1. The molecule has 0 saturated carbocycles. The van der Waals surface area contributed by atoms with E-state index in [0.717, 1.165) is 48.3 Å². The Bertz CT molecular complexity index is 1570. The summed E-state index contributed by atoms with van der Waals surface area (Å²) in [5.41, 5.74) is 3.30. The van der Waals surface area contributed by atoms with Crippen molar-refractivity contribution in [1.29, 1.82) is 0 Å². The van der Waals surface area contributed by atoms with Crippen LogP contribution >= 0.6 is 0 Å². The van der Waals surface area contributed by atoms with Crippen molar-refractivity contribution in [1.82, 2.24) is 20.1 Å². The SMILES string of the molecule is O=C1CCC(N2Cc3cc(O[C@H]4CCN(Cc5ccc6nc(C7(O)CCOCC7)ccc6c5)C4)ccc3C2=O)C(=O)N1. The van der Waals surface area contributed by atoms with Crippen molar-refractivity contribution < 1.29 is 29.0 Å². The molecular weight excluding hydrogens is 536 g/mol. The van der Waals surface area contributed by atoms with Gasteiger partial charge < -0.3 is 19.5 Å². The summed E-state index contributed by atoms with van der Waals surface area (Å²) in [7, 11) is 0. The second-order valence-electron chi connectivity index (χ2n) is 11.9. The number of amides is 3. The van der Waals surface area contributed by atoms with E-state index in [2.05, 4.69) is 22.3 Å². The van der Waals surface area contributed by atoms with Gasteiger partial charge in [-0.3, -0.25) is 24.6 Å². The molecule has 0 aliphatic carbocycles. The van der Waals surface area contributed by atoms with E-state index in [0.29, 0.717) is 50.3 Å². The van der Waals surface area contributed by atoms with Crippen LogP contribution in [0.15, 0.2) is 48.5 Å². The molecule has 4 aliphatic heterocycles. The molecule has 3 fully saturated rings. The maximum atomic E-state index is 13.0. The maximum Gasteiger partial charge on any atom is 0.255 e. The number of rotatable bonds is 6. The van der Waals surface area contributed by atoms with Gasteiger partial charge in [0, 0.05) is 69.6 Å². The predicted molar refractivity (Wildman–Crippen MR) is 152 cm³/mol. The minimum atomic E-state index is -0.920. The number of imide groups is 1. The van der Waals surface area contributed by atoms with Gasteiger partial charge in [0.15, 0.2) is 0 Å². The van der Waals surface area contributed by atoms with E-state index < -0.39 is 17.6 Å². The lowest BCUT2D eigenvalue weighted by molar-refractivity contribution is -0.136. The van der Waals surface area contributed by atoms with E-state index in [1.54, 1.807) is 11.0 Å². The Morgan fingerprint density at radius 1 is 1.05 bits per heavy atom. The van der Waals surface area contributed by atoms with Crippen LogP contribution in [0, 0.1) is 0 Å². The highest BCUT2D eigenvalue weighted by molar-refractivity contribution is 6.05. The number of hydrogen-bond donors (Lipinski definition) is 2. The first-order valence-corrected chi connectivity index (χ1v) is 14.7. The maximum absolute atomic E-state index is 13.0. The van der Waals surface area contributed by atoms with E-state index in [9.17, 15) is 19.5 Å². The Labute approximate surface area is 243 Å². The fourth-order valence-electron chi connectivity index (χ4n) is 6.61. The Kier molecular flexibility index (Phi) is 6.92. The summed E-state index contributed by atoms with van der Waals surface area (Å²) in [6, 6.07) is 15.2. The Balaban J connectivity index is 0.966. The van der Waals surface area contributed by atoms with Crippen LogP contribution in [0.2, 0.25) is 0 Å². The summed E-state index contributed by atoms with van der Waals surface area (Å²) >= 11 is 0. The number of hydrogen-bond acceptors (Lipinski definition) is 8. The Morgan fingerprint density at radius 2 is 1.90 bits per heavy atom. The number of pyridine rings is 1. The molecule has 3 saturated heterocycles. The van der Waals surface area contributed by atoms with E-state index in [4.69, 9.17) is 14.5 Å². The fourth-order valence-corrected chi connectivity index (χ4v) is 6.61. The molecule has 1 aromatic heterocycles. The molecule has 2 N–H and O–H groups in total. The van der Waals surface area contributed by atoms with Gasteiger partial charge in [-0.25, -0.2) is 4.98 Å². The Morgan fingerprint density at radius 3 is 2.74 bits per heavy atom. The number of aromatic nitrogens is 1. The number of carbonyl (C=O) groups is 3. The average Bonchev–Trinajstić information content (AvgIpc) is 3.56. The summed E-state index contributed by atoms with van der Waals surface area (Å²) in [4.78, 5) is 45.5. The highest BCUT2D eigenvalue weighted by atomic mass is 16.5. The Hall–Kier alpha value is -3.86. The zero-order valence-electron chi connectivity index (χ0n) is 23.4. The lowest BCUT2D eigenvalue weighted by Gasteiger charge is -2.31. The van der Waals surface area contributed by atoms with Crippen LogP contribution < -0.4 is 10.1 Å². The summed E-state index contributed by atoms with van der Waals surface area (Å²) in [5, 5.41) is 14.4. The third kappa shape index (κ3) is 5.14. The lowest BCUT2D eigenvalue weighted by atomic mass is 9.90. The van der Waals surface area contributed by atoms with Crippen molar-refractivity contribution in [2.24, 2.45) is 0 Å². The van der Waals surface area contributed by atoms with E-state index in [1.807, 2.05) is 30.3 Å². The first-order valence-electron chi connectivity index (χ1n) is 14.7. The topological polar surface area (TPSA) is 121 Å². The minimum absolute atomic E-state index is 0.0382. The molecule has 3 amide bonds. The molecule has 0 radical (unpaired) electrons. The third-order valence-electron chi connectivity index (χ3n) is 8.98. The monoisotopic (exact) mass is 570 g/mol. The number of likely N-dealkylation sites (tertiary alicyclic amines) is 1. The van der Waals surface area contributed by atoms with Gasteiger partial charge in [0.1, 0.15) is 23.5 Å². The molecule has 10 heteroatoms. The van der Waals surface area contributed by atoms with Crippen molar-refractivity contribution in [3.8, 4) is 5.75 Å². The number of aliphatic hydroxyl groups is 1. The normalized spacial score (nSPS) is 24.2. The quantitative estimate of drug-likeness (QED) is 0.434. The lowest BCUT2D eigenvalue weighted by Crippen LogP contribution is -2.52. The van der Waals surface area contributed by atoms with Gasteiger partial charge in [0.2, 0.25) is 11.8 Å². The van der Waals surface area contributed by atoms with Crippen molar-refractivity contribution in [2.75, 3.05) is 26.3 Å². The number of nitrogens with one attached hydrogen (secondary N) is 1. The van der Waals surface area contributed by atoms with Crippen molar-refractivity contribution >= 4 is 28.6 Å². The molecule has 4 aliphatic rings. The zero-order chi connectivity index (χ0) is 28.8. The molecule has 0 spiro atoms. The minimum Gasteiger partial charge on any atom is -0.489 e. The molecule has 10 nitrogen and oxygen atoms in total. The van der Waals surface area contributed by atoms with Crippen LogP contribution in [0.4, 0.5) is 0 Å². The molecule has 2 aromatic carbocycles. The van der Waals surface area contributed by atoms with Crippen LogP contribution in [0.5, 0.6) is 5.75 Å². The summed E-state index contributed by atoms with van der Waals surface area (Å²) in [6.07, 6.45) is 2.65. The van der Waals surface area contributed by atoms with Crippen molar-refractivity contribution in [3.05, 3.63) is 70.9 Å². The first-order chi connectivity index (χ1) is 20.3. The zero-order valence-corrected chi connectivity index (χ0v) is 23.4. The number of carbonyl (C=O) groups excluding carboxylic acids is 3. The number of ether oxygens (including phenoxy) is 2.